The molecule has 0 aliphatic carbocycles. The lowest BCUT2D eigenvalue weighted by atomic mass is 10.2. The average molecular weight is 341 g/mol. The van der Waals surface area contributed by atoms with Crippen LogP contribution in [0.1, 0.15) is 5.56 Å². The summed E-state index contributed by atoms with van der Waals surface area (Å²) in [7, 11) is 0. The Morgan fingerprint density at radius 3 is 2.55 bits per heavy atom. The first-order chi connectivity index (χ1) is 9.47. The molecule has 0 saturated heterocycles. The Hall–Kier alpha value is -1.99. The number of non-ortho nitro benzene ring substituents is 1. The zero-order chi connectivity index (χ0) is 14.7. The van der Waals surface area contributed by atoms with Gasteiger partial charge in [-0.2, -0.15) is 0 Å². The van der Waals surface area contributed by atoms with Crippen LogP contribution < -0.4 is 10.5 Å². The number of benzene rings is 2. The fourth-order valence-electron chi connectivity index (χ4n) is 1.65. The van der Waals surface area contributed by atoms with E-state index >= 15 is 0 Å². The van der Waals surface area contributed by atoms with E-state index in [-0.39, 0.29) is 23.7 Å². The van der Waals surface area contributed by atoms with Gasteiger partial charge in [-0.25, -0.2) is 4.39 Å². The van der Waals surface area contributed by atoms with E-state index in [2.05, 4.69) is 15.9 Å². The molecular weight excluding hydrogens is 331 g/mol. The van der Waals surface area contributed by atoms with Gasteiger partial charge >= 0.3 is 0 Å². The molecular formula is C13H10BrFN2O3. The summed E-state index contributed by atoms with van der Waals surface area (Å²) in [6, 6.07) is 8.24. The molecule has 2 rings (SSSR count). The predicted molar refractivity (Wildman–Crippen MR) is 75.2 cm³/mol. The van der Waals surface area contributed by atoms with E-state index in [0.717, 1.165) is 0 Å². The van der Waals surface area contributed by atoms with Crippen molar-refractivity contribution in [2.45, 2.75) is 6.54 Å². The fourth-order valence-corrected chi connectivity index (χ4v) is 2.11. The maximum atomic E-state index is 13.4. The van der Waals surface area contributed by atoms with Crippen LogP contribution in [0.2, 0.25) is 0 Å². The van der Waals surface area contributed by atoms with Gasteiger partial charge in [0.2, 0.25) is 0 Å². The maximum Gasteiger partial charge on any atom is 0.274 e. The highest BCUT2D eigenvalue weighted by molar-refractivity contribution is 9.10. The summed E-state index contributed by atoms with van der Waals surface area (Å²) in [6.45, 7) is 0.173. The number of halogens is 2. The SMILES string of the molecule is NCc1cc(F)cc(Oc2cc(Br)cc([N+](=O)[O-])c2)c1. The Morgan fingerprint density at radius 2 is 1.90 bits per heavy atom. The van der Waals surface area contributed by atoms with E-state index in [1.54, 1.807) is 12.1 Å². The number of nitrogens with zero attached hydrogens (tertiary/aromatic N) is 1. The normalized spacial score (nSPS) is 10.3. The third-order valence-corrected chi connectivity index (χ3v) is 2.93. The third-order valence-electron chi connectivity index (χ3n) is 2.47. The quantitative estimate of drug-likeness (QED) is 0.679. The summed E-state index contributed by atoms with van der Waals surface area (Å²) in [5, 5.41) is 10.8. The largest absolute Gasteiger partial charge is 0.457 e. The van der Waals surface area contributed by atoms with E-state index in [4.69, 9.17) is 10.5 Å². The number of rotatable bonds is 4. The summed E-state index contributed by atoms with van der Waals surface area (Å²) in [5.74, 6) is -0.00931. The van der Waals surface area contributed by atoms with Crippen LogP contribution in [0.3, 0.4) is 0 Å². The molecule has 7 heteroatoms. The molecule has 2 aromatic rings. The monoisotopic (exact) mass is 340 g/mol. The van der Waals surface area contributed by atoms with Crippen molar-refractivity contribution in [3.63, 3.8) is 0 Å². The predicted octanol–water partition coefficient (Wildman–Crippen LogP) is 3.75. The summed E-state index contributed by atoms with van der Waals surface area (Å²) < 4.78 is 19.3. The van der Waals surface area contributed by atoms with Crippen LogP contribution >= 0.6 is 15.9 Å². The van der Waals surface area contributed by atoms with Crippen molar-refractivity contribution in [3.05, 3.63) is 62.4 Å². The van der Waals surface area contributed by atoms with E-state index in [9.17, 15) is 14.5 Å². The minimum atomic E-state index is -0.533. The van der Waals surface area contributed by atoms with Gasteiger partial charge in [0.25, 0.3) is 5.69 Å². The summed E-state index contributed by atoms with van der Waals surface area (Å²) in [4.78, 5) is 10.2. The second kappa shape index (κ2) is 5.98. The van der Waals surface area contributed by atoms with Gasteiger partial charge in [0, 0.05) is 23.2 Å². The molecule has 2 aromatic carbocycles. The second-order valence-corrected chi connectivity index (χ2v) is 4.92. The van der Waals surface area contributed by atoms with Crippen molar-refractivity contribution in [1.82, 2.24) is 0 Å². The molecule has 0 spiro atoms. The molecule has 0 aromatic heterocycles. The van der Waals surface area contributed by atoms with Crippen LogP contribution in [-0.2, 0) is 6.54 Å². The molecule has 0 saturated carbocycles. The Kier molecular flexibility index (Phi) is 4.31. The number of nitrogens with two attached hydrogens (primary N) is 1. The number of hydrogen-bond acceptors (Lipinski definition) is 4. The van der Waals surface area contributed by atoms with Crippen molar-refractivity contribution in [1.29, 1.82) is 0 Å². The molecule has 2 N–H and O–H groups in total. The Labute approximate surface area is 122 Å². The molecule has 0 bridgehead atoms. The van der Waals surface area contributed by atoms with Gasteiger partial charge < -0.3 is 10.5 Å². The van der Waals surface area contributed by atoms with Crippen LogP contribution in [0.25, 0.3) is 0 Å². The first kappa shape index (κ1) is 14.4. The highest BCUT2D eigenvalue weighted by Crippen LogP contribution is 2.30. The molecule has 0 aliphatic heterocycles. The topological polar surface area (TPSA) is 78.4 Å². The van der Waals surface area contributed by atoms with Gasteiger partial charge in [0.05, 0.1) is 11.0 Å². The molecule has 0 radical (unpaired) electrons. The van der Waals surface area contributed by atoms with E-state index in [1.807, 2.05) is 0 Å². The molecule has 0 fully saturated rings. The lowest BCUT2D eigenvalue weighted by Crippen LogP contribution is -1.98. The summed E-state index contributed by atoms with van der Waals surface area (Å²) in [5.41, 5.74) is 5.90. The van der Waals surface area contributed by atoms with Gasteiger partial charge in [-0.1, -0.05) is 15.9 Å². The molecule has 0 aliphatic rings. The van der Waals surface area contributed by atoms with E-state index in [0.29, 0.717) is 10.0 Å². The average Bonchev–Trinajstić information content (AvgIpc) is 2.37. The standard InChI is InChI=1S/C13H10BrFN2O3/c14-9-3-11(17(18)19)6-13(4-9)20-12-2-8(7-16)1-10(15)5-12/h1-6H,7,16H2. The lowest BCUT2D eigenvalue weighted by Gasteiger charge is -2.08. The van der Waals surface area contributed by atoms with Crippen LogP contribution in [0.15, 0.2) is 40.9 Å². The summed E-state index contributed by atoms with van der Waals surface area (Å²) in [6.07, 6.45) is 0. The molecule has 104 valence electrons. The van der Waals surface area contributed by atoms with Gasteiger partial charge in [0.1, 0.15) is 17.3 Å². The molecule has 0 atom stereocenters. The van der Waals surface area contributed by atoms with Gasteiger partial charge in [-0.15, -0.1) is 0 Å². The zero-order valence-electron chi connectivity index (χ0n) is 10.2. The highest BCUT2D eigenvalue weighted by atomic mass is 79.9. The minimum absolute atomic E-state index is 0.121. The maximum absolute atomic E-state index is 13.4. The van der Waals surface area contributed by atoms with Gasteiger partial charge in [-0.05, 0) is 23.8 Å². The van der Waals surface area contributed by atoms with Crippen molar-refractivity contribution < 1.29 is 14.1 Å². The molecule has 0 amide bonds. The van der Waals surface area contributed by atoms with E-state index < -0.39 is 10.7 Å². The Morgan fingerprint density at radius 1 is 1.20 bits per heavy atom. The zero-order valence-corrected chi connectivity index (χ0v) is 11.8. The van der Waals surface area contributed by atoms with Crippen molar-refractivity contribution >= 4 is 21.6 Å². The van der Waals surface area contributed by atoms with Gasteiger partial charge in [0.15, 0.2) is 0 Å². The second-order valence-electron chi connectivity index (χ2n) is 4.00. The third kappa shape index (κ3) is 3.52. The summed E-state index contributed by atoms with van der Waals surface area (Å²) >= 11 is 3.16. The molecule has 20 heavy (non-hydrogen) atoms. The number of nitro benzene ring substituents is 1. The highest BCUT2D eigenvalue weighted by Gasteiger charge is 2.11. The molecule has 0 unspecified atom stereocenters. The van der Waals surface area contributed by atoms with Crippen molar-refractivity contribution in [2.24, 2.45) is 5.73 Å². The van der Waals surface area contributed by atoms with Crippen LogP contribution in [0.4, 0.5) is 10.1 Å². The molecule has 0 heterocycles. The number of ether oxygens (including phenoxy) is 1. The first-order valence-corrected chi connectivity index (χ1v) is 6.39. The Balaban J connectivity index is 2.34. The van der Waals surface area contributed by atoms with Crippen LogP contribution in [0.5, 0.6) is 11.5 Å². The lowest BCUT2D eigenvalue weighted by molar-refractivity contribution is -0.385. The number of hydrogen-bond donors (Lipinski definition) is 1. The van der Waals surface area contributed by atoms with Crippen LogP contribution in [0, 0.1) is 15.9 Å². The Bertz CT molecular complexity index is 664. The first-order valence-electron chi connectivity index (χ1n) is 5.60. The van der Waals surface area contributed by atoms with E-state index in [1.165, 1.54) is 24.3 Å². The van der Waals surface area contributed by atoms with Crippen molar-refractivity contribution in [3.8, 4) is 11.5 Å². The smallest absolute Gasteiger partial charge is 0.274 e. The fraction of sp³-hybridized carbons (Fsp3) is 0.0769. The van der Waals surface area contributed by atoms with Crippen molar-refractivity contribution in [2.75, 3.05) is 0 Å². The number of nitro groups is 1. The van der Waals surface area contributed by atoms with Crippen LogP contribution in [-0.4, -0.2) is 4.92 Å². The minimum Gasteiger partial charge on any atom is -0.457 e. The van der Waals surface area contributed by atoms with Gasteiger partial charge in [-0.3, -0.25) is 10.1 Å². The molecule has 5 nitrogen and oxygen atoms in total.